The van der Waals surface area contributed by atoms with Gasteiger partial charge >= 0.3 is 0 Å². The third-order valence-electron chi connectivity index (χ3n) is 1.61. The van der Waals surface area contributed by atoms with Crippen molar-refractivity contribution in [1.29, 1.82) is 0 Å². The summed E-state index contributed by atoms with van der Waals surface area (Å²) in [6.07, 6.45) is -0.178. The van der Waals surface area contributed by atoms with Crippen LogP contribution in [0.3, 0.4) is 0 Å². The summed E-state index contributed by atoms with van der Waals surface area (Å²) >= 11 is 1.74. The van der Waals surface area contributed by atoms with E-state index < -0.39 is 11.7 Å². The molecule has 0 aromatic heterocycles. The van der Waals surface area contributed by atoms with Gasteiger partial charge in [0.25, 0.3) is 0 Å². The van der Waals surface area contributed by atoms with Crippen molar-refractivity contribution in [3.05, 3.63) is 0 Å². The van der Waals surface area contributed by atoms with E-state index in [0.717, 1.165) is 6.54 Å². The van der Waals surface area contributed by atoms with Crippen molar-refractivity contribution < 1.29 is 19.3 Å². The van der Waals surface area contributed by atoms with E-state index in [1.807, 2.05) is 6.92 Å². The molecule has 2 amide bonds. The van der Waals surface area contributed by atoms with Crippen LogP contribution in [0.5, 0.6) is 0 Å². The standard InChI is InChI=1S/C8H17IN4O4P/c1-2-10-4-11-7(14)3-8(15)12-5-13-17-6-18(9)16/h10,13H,2-6H2,1H3,(H,11,14)(H,12,15)/q-1. The lowest BCUT2D eigenvalue weighted by Gasteiger charge is -2.14. The Hall–Kier alpha value is -0.0600. The van der Waals surface area contributed by atoms with Gasteiger partial charge in [-0.3, -0.25) is 14.4 Å². The largest absolute Gasteiger partial charge is 0.820 e. The smallest absolute Gasteiger partial charge is 0.230 e. The Morgan fingerprint density at radius 2 is 1.89 bits per heavy atom. The van der Waals surface area contributed by atoms with E-state index in [1.54, 1.807) is 22.0 Å². The van der Waals surface area contributed by atoms with E-state index >= 15 is 0 Å². The van der Waals surface area contributed by atoms with Gasteiger partial charge in [0.05, 0.1) is 19.7 Å². The fraction of sp³-hybridized carbons (Fsp3) is 0.750. The number of nitrogens with one attached hydrogen (secondary N) is 4. The minimum absolute atomic E-state index is 0.0547. The summed E-state index contributed by atoms with van der Waals surface area (Å²) in [7, 11) is 0. The summed E-state index contributed by atoms with van der Waals surface area (Å²) in [6, 6.07) is 0. The molecule has 0 aromatic rings. The van der Waals surface area contributed by atoms with Crippen LogP contribution >= 0.6 is 27.8 Å². The van der Waals surface area contributed by atoms with Crippen molar-refractivity contribution in [2.45, 2.75) is 13.3 Å². The first kappa shape index (κ1) is 17.9. The van der Waals surface area contributed by atoms with Gasteiger partial charge in [0.1, 0.15) is 6.42 Å². The van der Waals surface area contributed by atoms with Crippen LogP contribution < -0.4 is 26.3 Å². The summed E-state index contributed by atoms with van der Waals surface area (Å²) in [5, 5.41) is 7.85. The second-order valence-corrected chi connectivity index (χ2v) is 7.19. The van der Waals surface area contributed by atoms with E-state index in [4.69, 9.17) is 4.84 Å². The zero-order valence-corrected chi connectivity index (χ0v) is 13.0. The molecule has 0 bridgehead atoms. The predicted molar refractivity (Wildman–Crippen MR) is 74.3 cm³/mol. The number of hydrogen-bond donors (Lipinski definition) is 4. The highest BCUT2D eigenvalue weighted by atomic mass is 127. The first-order valence-electron chi connectivity index (χ1n) is 5.25. The average molecular weight is 391 g/mol. The van der Waals surface area contributed by atoms with E-state index in [0.29, 0.717) is 6.67 Å². The van der Waals surface area contributed by atoms with Crippen LogP contribution in [-0.4, -0.2) is 38.0 Å². The monoisotopic (exact) mass is 391 g/mol. The molecule has 0 aliphatic heterocycles. The summed E-state index contributed by atoms with van der Waals surface area (Å²) in [6.45, 7) is 3.05. The van der Waals surface area contributed by atoms with Gasteiger partial charge in [-0.2, -0.15) is 5.48 Å². The number of carbonyl (C=O) groups excluding carboxylic acids is 2. The molecule has 0 radical (unpaired) electrons. The molecule has 0 rings (SSSR count). The average Bonchev–Trinajstić information content (AvgIpc) is 2.28. The molecule has 0 saturated carbocycles. The SMILES string of the molecule is CCNCNC(=O)CC(=O)NCNOCP([O-])I. The van der Waals surface area contributed by atoms with Crippen LogP contribution in [0.1, 0.15) is 13.3 Å². The van der Waals surface area contributed by atoms with Crippen molar-refractivity contribution in [3.63, 3.8) is 0 Å². The van der Waals surface area contributed by atoms with Gasteiger partial charge < -0.3 is 20.8 Å². The van der Waals surface area contributed by atoms with Crippen molar-refractivity contribution in [2.75, 3.05) is 26.2 Å². The molecule has 1 unspecified atom stereocenters. The van der Waals surface area contributed by atoms with E-state index in [-0.39, 0.29) is 25.3 Å². The highest BCUT2D eigenvalue weighted by Gasteiger charge is 2.07. The van der Waals surface area contributed by atoms with Crippen molar-refractivity contribution in [1.82, 2.24) is 21.4 Å². The zero-order valence-electron chi connectivity index (χ0n) is 9.99. The fourth-order valence-electron chi connectivity index (χ4n) is 0.839. The van der Waals surface area contributed by atoms with Crippen LogP contribution in [0.25, 0.3) is 0 Å². The maximum absolute atomic E-state index is 11.2. The van der Waals surface area contributed by atoms with Gasteiger partial charge in [-0.1, -0.05) is 29.0 Å². The number of amides is 2. The van der Waals surface area contributed by atoms with Crippen LogP contribution in [0.4, 0.5) is 0 Å². The van der Waals surface area contributed by atoms with Crippen LogP contribution in [0.2, 0.25) is 0 Å². The molecule has 106 valence electrons. The van der Waals surface area contributed by atoms with Crippen LogP contribution in [0.15, 0.2) is 0 Å². The molecule has 0 heterocycles. The van der Waals surface area contributed by atoms with Crippen molar-refractivity contribution in [3.8, 4) is 0 Å². The van der Waals surface area contributed by atoms with Gasteiger partial charge in [-0.05, 0) is 6.54 Å². The normalized spacial score (nSPS) is 11.9. The minimum atomic E-state index is -1.40. The van der Waals surface area contributed by atoms with Crippen molar-refractivity contribution >= 4 is 39.6 Å². The highest BCUT2D eigenvalue weighted by molar-refractivity contribution is 14.2. The first-order valence-corrected chi connectivity index (χ1v) is 9.48. The second-order valence-electron chi connectivity index (χ2n) is 3.07. The molecule has 4 N–H and O–H groups in total. The molecular formula is C8H17IN4O4P-. The highest BCUT2D eigenvalue weighted by Crippen LogP contribution is 2.33. The quantitative estimate of drug-likeness (QED) is 0.0922. The van der Waals surface area contributed by atoms with E-state index in [2.05, 4.69) is 21.4 Å². The van der Waals surface area contributed by atoms with Gasteiger partial charge in [0.2, 0.25) is 11.8 Å². The summed E-state index contributed by atoms with van der Waals surface area (Å²) < 4.78 is 0. The Morgan fingerprint density at radius 3 is 2.44 bits per heavy atom. The molecule has 8 nitrogen and oxygen atoms in total. The predicted octanol–water partition coefficient (Wildman–Crippen LogP) is -1.28. The number of hydrogen-bond acceptors (Lipinski definition) is 6. The third-order valence-corrected chi connectivity index (χ3v) is 2.78. The Bertz CT molecular complexity index is 257. The second kappa shape index (κ2) is 12.0. The Kier molecular flexibility index (Phi) is 12.0. The molecule has 0 saturated heterocycles. The Morgan fingerprint density at radius 1 is 1.28 bits per heavy atom. The molecular weight excluding hydrogens is 374 g/mol. The minimum Gasteiger partial charge on any atom is -0.820 e. The Labute approximate surface area is 120 Å². The van der Waals surface area contributed by atoms with Gasteiger partial charge in [0, 0.05) is 0 Å². The molecule has 0 aromatic carbocycles. The number of halogens is 1. The maximum atomic E-state index is 11.2. The maximum Gasteiger partial charge on any atom is 0.230 e. The lowest BCUT2D eigenvalue weighted by Crippen LogP contribution is -2.39. The number of hydroxylamine groups is 1. The molecule has 0 aliphatic rings. The van der Waals surface area contributed by atoms with Gasteiger partial charge in [0.15, 0.2) is 0 Å². The molecule has 18 heavy (non-hydrogen) atoms. The lowest BCUT2D eigenvalue weighted by atomic mass is 10.4. The van der Waals surface area contributed by atoms with E-state index in [9.17, 15) is 14.5 Å². The van der Waals surface area contributed by atoms with Crippen molar-refractivity contribution in [2.24, 2.45) is 0 Å². The fourth-order valence-corrected chi connectivity index (χ4v) is 1.45. The summed E-state index contributed by atoms with van der Waals surface area (Å²) in [5.41, 5.74) is 2.41. The van der Waals surface area contributed by atoms with E-state index in [1.165, 1.54) is 0 Å². The van der Waals surface area contributed by atoms with Crippen LogP contribution in [0, 0.1) is 0 Å². The lowest BCUT2D eigenvalue weighted by molar-refractivity contribution is -0.157. The third kappa shape index (κ3) is 12.4. The van der Waals surface area contributed by atoms with Gasteiger partial charge in [-0.15, -0.1) is 5.79 Å². The molecule has 0 fully saturated rings. The molecule has 0 aliphatic carbocycles. The topological polar surface area (TPSA) is 115 Å². The number of carbonyl (C=O) groups is 2. The zero-order chi connectivity index (χ0) is 13.8. The first-order chi connectivity index (χ1) is 8.56. The number of rotatable bonds is 10. The molecule has 10 heteroatoms. The summed E-state index contributed by atoms with van der Waals surface area (Å²) in [5.74, 6) is -2.18. The molecule has 0 spiro atoms. The Balaban J connectivity index is 3.44. The summed E-state index contributed by atoms with van der Waals surface area (Å²) in [4.78, 5) is 37.8. The van der Waals surface area contributed by atoms with Gasteiger partial charge in [-0.25, -0.2) is 0 Å². The molecule has 1 atom stereocenters. The van der Waals surface area contributed by atoms with Crippen LogP contribution in [-0.2, 0) is 14.4 Å².